The summed E-state index contributed by atoms with van der Waals surface area (Å²) in [5, 5.41) is 3.97. The first-order valence-electron chi connectivity index (χ1n) is 7.64. The molecule has 3 heterocycles. The van der Waals surface area contributed by atoms with E-state index in [4.69, 9.17) is 0 Å². The molecule has 7 heteroatoms. The van der Waals surface area contributed by atoms with Gasteiger partial charge in [-0.1, -0.05) is 0 Å². The van der Waals surface area contributed by atoms with Crippen LogP contribution in [0.25, 0.3) is 0 Å². The monoisotopic (exact) mass is 322 g/mol. The van der Waals surface area contributed by atoms with Crippen LogP contribution in [0.3, 0.4) is 0 Å². The van der Waals surface area contributed by atoms with E-state index in [-0.39, 0.29) is 17.9 Å². The van der Waals surface area contributed by atoms with E-state index in [0.717, 1.165) is 37.5 Å². The predicted molar refractivity (Wildman–Crippen MR) is 84.6 cm³/mol. The number of amides is 3. The van der Waals surface area contributed by atoms with Gasteiger partial charge in [-0.2, -0.15) is 0 Å². The number of likely N-dealkylation sites (N-methyl/N-ethyl adjacent to an activating group) is 1. The normalized spacial score (nSPS) is 30.0. The molecule has 2 aliphatic rings. The number of imide groups is 1. The second-order valence-corrected chi connectivity index (χ2v) is 7.74. The molecule has 1 aromatic rings. The summed E-state index contributed by atoms with van der Waals surface area (Å²) in [7, 11) is 1.55. The number of hydrogen-bond donors (Lipinski definition) is 1. The lowest BCUT2D eigenvalue weighted by Crippen LogP contribution is -2.55. The van der Waals surface area contributed by atoms with E-state index >= 15 is 0 Å². The number of hydrogen-bond acceptors (Lipinski definition) is 5. The number of nitrogens with one attached hydrogen (secondary N) is 1. The van der Waals surface area contributed by atoms with Gasteiger partial charge in [-0.05, 0) is 33.2 Å². The van der Waals surface area contributed by atoms with Crippen molar-refractivity contribution in [2.75, 3.05) is 20.1 Å². The molecule has 2 atom stereocenters. The largest absolute Gasteiger partial charge is 0.324 e. The highest BCUT2D eigenvalue weighted by Crippen LogP contribution is 2.32. The third-order valence-corrected chi connectivity index (χ3v) is 5.69. The third-order valence-electron chi connectivity index (χ3n) is 4.79. The van der Waals surface area contributed by atoms with Crippen LogP contribution in [0.2, 0.25) is 0 Å². The smallest absolute Gasteiger partial charge is 0.323 e. The molecule has 6 nitrogen and oxygen atoms in total. The standard InChI is InChI=1S/C15H22N4O2S/c1-10-16-7-12(22-10)9-19-6-4-5-11(8-19)15(2)13(20)18(3)14(21)17-15/h7,11H,4-6,8-9H2,1-3H3,(H,17,21). The number of rotatable bonds is 3. The van der Waals surface area contributed by atoms with Crippen molar-refractivity contribution < 1.29 is 9.59 Å². The number of carbonyl (C=O) groups is 2. The molecule has 0 bridgehead atoms. The number of piperidine rings is 1. The molecule has 3 rings (SSSR count). The maximum atomic E-state index is 12.4. The van der Waals surface area contributed by atoms with Gasteiger partial charge < -0.3 is 5.32 Å². The van der Waals surface area contributed by atoms with E-state index in [1.165, 1.54) is 9.78 Å². The first kappa shape index (κ1) is 15.4. The molecule has 2 fully saturated rings. The quantitative estimate of drug-likeness (QED) is 0.859. The SMILES string of the molecule is Cc1ncc(CN2CCCC(C3(C)NC(=O)N(C)C3=O)C2)s1. The van der Waals surface area contributed by atoms with Crippen molar-refractivity contribution >= 4 is 23.3 Å². The highest BCUT2D eigenvalue weighted by Gasteiger charge is 2.51. The van der Waals surface area contributed by atoms with E-state index in [1.54, 1.807) is 18.4 Å². The van der Waals surface area contributed by atoms with Crippen LogP contribution >= 0.6 is 11.3 Å². The average molecular weight is 322 g/mol. The lowest BCUT2D eigenvalue weighted by atomic mass is 9.80. The Hall–Kier alpha value is -1.47. The number of urea groups is 1. The molecule has 0 spiro atoms. The van der Waals surface area contributed by atoms with Crippen LogP contribution in [0, 0.1) is 12.8 Å². The minimum absolute atomic E-state index is 0.113. The number of nitrogens with zero attached hydrogens (tertiary/aromatic N) is 3. The fraction of sp³-hybridized carbons (Fsp3) is 0.667. The first-order chi connectivity index (χ1) is 10.4. The summed E-state index contributed by atoms with van der Waals surface area (Å²) in [5.41, 5.74) is -0.770. The zero-order valence-corrected chi connectivity index (χ0v) is 14.1. The molecule has 0 radical (unpaired) electrons. The Balaban J connectivity index is 1.70. The molecule has 3 amide bonds. The van der Waals surface area contributed by atoms with E-state index in [1.807, 2.05) is 20.0 Å². The van der Waals surface area contributed by atoms with Crippen molar-refractivity contribution in [3.63, 3.8) is 0 Å². The molecule has 1 N–H and O–H groups in total. The Bertz CT molecular complexity index is 602. The molecule has 1 aromatic heterocycles. The van der Waals surface area contributed by atoms with Crippen molar-refractivity contribution in [1.29, 1.82) is 0 Å². The summed E-state index contributed by atoms with van der Waals surface area (Å²) >= 11 is 1.72. The van der Waals surface area contributed by atoms with Crippen LogP contribution in [-0.4, -0.2) is 52.4 Å². The fourth-order valence-electron chi connectivity index (χ4n) is 3.45. The first-order valence-corrected chi connectivity index (χ1v) is 8.46. The van der Waals surface area contributed by atoms with Crippen molar-refractivity contribution in [3.8, 4) is 0 Å². The lowest BCUT2D eigenvalue weighted by Gasteiger charge is -2.39. The predicted octanol–water partition coefficient (Wildman–Crippen LogP) is 1.60. The van der Waals surface area contributed by atoms with Gasteiger partial charge in [0.15, 0.2) is 0 Å². The Kier molecular flexibility index (Phi) is 3.94. The van der Waals surface area contributed by atoms with Crippen LogP contribution in [-0.2, 0) is 11.3 Å². The van der Waals surface area contributed by atoms with Gasteiger partial charge >= 0.3 is 6.03 Å². The molecular formula is C15H22N4O2S. The van der Waals surface area contributed by atoms with E-state index in [9.17, 15) is 9.59 Å². The summed E-state index contributed by atoms with van der Waals surface area (Å²) in [6, 6.07) is -0.289. The molecule has 0 saturated carbocycles. The second-order valence-electron chi connectivity index (χ2n) is 6.42. The highest BCUT2D eigenvalue weighted by atomic mass is 32.1. The fourth-order valence-corrected chi connectivity index (χ4v) is 4.28. The van der Waals surface area contributed by atoms with Gasteiger partial charge in [0.1, 0.15) is 5.54 Å². The van der Waals surface area contributed by atoms with Gasteiger partial charge in [0, 0.05) is 37.1 Å². The van der Waals surface area contributed by atoms with Crippen LogP contribution in [0.1, 0.15) is 29.7 Å². The zero-order valence-electron chi connectivity index (χ0n) is 13.3. The molecule has 120 valence electrons. The molecule has 2 unspecified atom stereocenters. The van der Waals surface area contributed by atoms with Gasteiger partial charge in [-0.15, -0.1) is 11.3 Å². The number of aryl methyl sites for hydroxylation is 1. The van der Waals surface area contributed by atoms with Gasteiger partial charge in [0.2, 0.25) is 0 Å². The van der Waals surface area contributed by atoms with Crippen LogP contribution < -0.4 is 5.32 Å². The molecule has 2 aliphatic heterocycles. The topological polar surface area (TPSA) is 65.5 Å². The van der Waals surface area contributed by atoms with Crippen molar-refractivity contribution in [3.05, 3.63) is 16.1 Å². The van der Waals surface area contributed by atoms with Crippen molar-refractivity contribution in [1.82, 2.24) is 20.1 Å². The number of aromatic nitrogens is 1. The lowest BCUT2D eigenvalue weighted by molar-refractivity contribution is -0.132. The Labute approximate surface area is 134 Å². The minimum atomic E-state index is -0.770. The third kappa shape index (κ3) is 2.63. The number of carbonyl (C=O) groups excluding carboxylic acids is 2. The number of thiazole rings is 1. The van der Waals surface area contributed by atoms with Gasteiger partial charge in [0.05, 0.1) is 5.01 Å². The summed E-state index contributed by atoms with van der Waals surface area (Å²) in [5.74, 6) is 0.0367. The minimum Gasteiger partial charge on any atom is -0.323 e. The molecule has 2 saturated heterocycles. The Morgan fingerprint density at radius 1 is 1.50 bits per heavy atom. The summed E-state index contributed by atoms with van der Waals surface area (Å²) in [6.07, 6.45) is 3.95. The van der Waals surface area contributed by atoms with E-state index in [0.29, 0.717) is 0 Å². The van der Waals surface area contributed by atoms with E-state index in [2.05, 4.69) is 15.2 Å². The molecule has 22 heavy (non-hydrogen) atoms. The van der Waals surface area contributed by atoms with Gasteiger partial charge in [-0.3, -0.25) is 14.6 Å². The van der Waals surface area contributed by atoms with Gasteiger partial charge in [-0.25, -0.2) is 9.78 Å². The van der Waals surface area contributed by atoms with Crippen LogP contribution in [0.4, 0.5) is 4.79 Å². The molecule has 0 aliphatic carbocycles. The van der Waals surface area contributed by atoms with Crippen molar-refractivity contribution in [2.24, 2.45) is 5.92 Å². The second kappa shape index (κ2) is 5.62. The highest BCUT2D eigenvalue weighted by molar-refractivity contribution is 7.11. The summed E-state index contributed by atoms with van der Waals surface area (Å²) in [6.45, 7) is 6.60. The van der Waals surface area contributed by atoms with E-state index < -0.39 is 5.54 Å². The number of likely N-dealkylation sites (tertiary alicyclic amines) is 1. The Morgan fingerprint density at radius 2 is 2.27 bits per heavy atom. The summed E-state index contributed by atoms with van der Waals surface area (Å²) < 4.78 is 0. The maximum Gasteiger partial charge on any atom is 0.324 e. The van der Waals surface area contributed by atoms with Crippen LogP contribution in [0.5, 0.6) is 0 Å². The van der Waals surface area contributed by atoms with Crippen LogP contribution in [0.15, 0.2) is 6.20 Å². The average Bonchev–Trinajstić information content (AvgIpc) is 2.98. The van der Waals surface area contributed by atoms with Gasteiger partial charge in [0.25, 0.3) is 5.91 Å². The molecular weight excluding hydrogens is 300 g/mol. The molecule has 0 aromatic carbocycles. The van der Waals surface area contributed by atoms with Crippen molar-refractivity contribution in [2.45, 2.75) is 38.8 Å². The zero-order chi connectivity index (χ0) is 15.9. The Morgan fingerprint density at radius 3 is 2.86 bits per heavy atom. The summed E-state index contributed by atoms with van der Waals surface area (Å²) in [4.78, 5) is 33.3. The maximum absolute atomic E-state index is 12.4.